The van der Waals surface area contributed by atoms with E-state index in [-0.39, 0.29) is 11.3 Å². The molecule has 0 rings (SSSR count). The molecule has 0 N–H and O–H groups in total. The van der Waals surface area contributed by atoms with Gasteiger partial charge >= 0.3 is 0 Å². The van der Waals surface area contributed by atoms with Gasteiger partial charge in [-0.15, -0.1) is 0 Å². The molecule has 0 saturated heterocycles. The van der Waals surface area contributed by atoms with Crippen molar-refractivity contribution < 1.29 is 4.79 Å². The Morgan fingerprint density at radius 1 is 1.17 bits per heavy atom. The van der Waals surface area contributed by atoms with E-state index in [2.05, 4.69) is 27.7 Å². The largest absolute Gasteiger partial charge is 0.299 e. The van der Waals surface area contributed by atoms with Crippen LogP contribution in [0.2, 0.25) is 0 Å². The van der Waals surface area contributed by atoms with Gasteiger partial charge in [0, 0.05) is 12.3 Å². The number of carbonyl (C=O) groups is 1. The third-order valence-corrected chi connectivity index (χ3v) is 2.84. The molecule has 0 heterocycles. The lowest BCUT2D eigenvalue weighted by atomic mass is 9.76. The van der Waals surface area contributed by atoms with E-state index in [1.165, 1.54) is 0 Å². The molecule has 0 amide bonds. The molecule has 0 unspecified atom stereocenters. The molecule has 0 aromatic carbocycles. The lowest BCUT2D eigenvalue weighted by Gasteiger charge is -2.29. The average molecular weight is 170 g/mol. The Hall–Kier alpha value is -0.330. The molecule has 0 atom stereocenters. The molecule has 72 valence electrons. The van der Waals surface area contributed by atoms with Crippen LogP contribution in [0.5, 0.6) is 0 Å². The summed E-state index contributed by atoms with van der Waals surface area (Å²) in [5.74, 6) is 1.14. The molecule has 1 nitrogen and oxygen atoms in total. The molecule has 12 heavy (non-hydrogen) atoms. The molecule has 0 aliphatic rings. The molecule has 0 saturated carbocycles. The molecular formula is C11H22O. The molecule has 1 heteroatoms. The van der Waals surface area contributed by atoms with Crippen LogP contribution in [0, 0.1) is 17.3 Å². The van der Waals surface area contributed by atoms with Crippen molar-refractivity contribution in [1.29, 1.82) is 0 Å². The number of hydrogen-bond acceptors (Lipinski definition) is 1. The molecule has 0 aliphatic heterocycles. The Balaban J connectivity index is 4.15. The standard InChI is InChI=1S/C11H22O/c1-8(2)10(12)7-11(5,6)9(3)4/h8-9H,7H2,1-6H3. The van der Waals surface area contributed by atoms with Crippen LogP contribution in [-0.4, -0.2) is 5.78 Å². The summed E-state index contributed by atoms with van der Waals surface area (Å²) in [6.45, 7) is 12.6. The Morgan fingerprint density at radius 3 is 1.83 bits per heavy atom. The molecule has 0 bridgehead atoms. The summed E-state index contributed by atoms with van der Waals surface area (Å²) >= 11 is 0. The predicted molar refractivity (Wildman–Crippen MR) is 53.1 cm³/mol. The minimum absolute atomic E-state index is 0.154. The summed E-state index contributed by atoms with van der Waals surface area (Å²) in [5.41, 5.74) is 0.154. The lowest BCUT2D eigenvalue weighted by molar-refractivity contribution is -0.124. The summed E-state index contributed by atoms with van der Waals surface area (Å²) in [6, 6.07) is 0. The van der Waals surface area contributed by atoms with Crippen LogP contribution >= 0.6 is 0 Å². The fourth-order valence-corrected chi connectivity index (χ4v) is 0.857. The van der Waals surface area contributed by atoms with Crippen molar-refractivity contribution in [3.8, 4) is 0 Å². The molecule has 0 aliphatic carbocycles. The van der Waals surface area contributed by atoms with E-state index in [9.17, 15) is 4.79 Å². The maximum absolute atomic E-state index is 11.5. The fraction of sp³-hybridized carbons (Fsp3) is 0.909. The summed E-state index contributed by atoms with van der Waals surface area (Å²) in [4.78, 5) is 11.5. The average Bonchev–Trinajstić information content (AvgIpc) is 1.85. The van der Waals surface area contributed by atoms with E-state index in [1.54, 1.807) is 0 Å². The zero-order chi connectivity index (χ0) is 9.94. The SMILES string of the molecule is CC(C)C(=O)CC(C)(C)C(C)C. The molecule has 0 spiro atoms. The fourth-order valence-electron chi connectivity index (χ4n) is 0.857. The van der Waals surface area contributed by atoms with Crippen LogP contribution < -0.4 is 0 Å². The third kappa shape index (κ3) is 3.38. The van der Waals surface area contributed by atoms with Crippen molar-refractivity contribution in [3.63, 3.8) is 0 Å². The van der Waals surface area contributed by atoms with Gasteiger partial charge in [-0.25, -0.2) is 0 Å². The first kappa shape index (κ1) is 11.7. The molecular weight excluding hydrogens is 148 g/mol. The monoisotopic (exact) mass is 170 g/mol. The third-order valence-electron chi connectivity index (χ3n) is 2.84. The van der Waals surface area contributed by atoms with Gasteiger partial charge in [0.1, 0.15) is 5.78 Å². The Morgan fingerprint density at radius 2 is 1.58 bits per heavy atom. The minimum atomic E-state index is 0.154. The molecule has 0 aromatic heterocycles. The maximum Gasteiger partial charge on any atom is 0.135 e. The van der Waals surface area contributed by atoms with Crippen LogP contribution in [-0.2, 0) is 4.79 Å². The molecule has 0 radical (unpaired) electrons. The van der Waals surface area contributed by atoms with Crippen molar-refractivity contribution in [2.45, 2.75) is 48.0 Å². The van der Waals surface area contributed by atoms with E-state index >= 15 is 0 Å². The normalized spacial score (nSPS) is 12.7. The first-order valence-corrected chi connectivity index (χ1v) is 4.80. The highest BCUT2D eigenvalue weighted by Crippen LogP contribution is 2.31. The van der Waals surface area contributed by atoms with Gasteiger partial charge < -0.3 is 0 Å². The van der Waals surface area contributed by atoms with Gasteiger partial charge in [0.05, 0.1) is 0 Å². The van der Waals surface area contributed by atoms with Gasteiger partial charge in [0.2, 0.25) is 0 Å². The molecule has 0 fully saturated rings. The second-order valence-electron chi connectivity index (χ2n) is 4.94. The van der Waals surface area contributed by atoms with Crippen LogP contribution in [0.4, 0.5) is 0 Å². The highest BCUT2D eigenvalue weighted by molar-refractivity contribution is 5.80. The maximum atomic E-state index is 11.5. The van der Waals surface area contributed by atoms with Gasteiger partial charge in [0.15, 0.2) is 0 Å². The van der Waals surface area contributed by atoms with E-state index in [4.69, 9.17) is 0 Å². The zero-order valence-corrected chi connectivity index (χ0v) is 9.27. The summed E-state index contributed by atoms with van der Waals surface area (Å²) in [7, 11) is 0. The van der Waals surface area contributed by atoms with Crippen molar-refractivity contribution in [3.05, 3.63) is 0 Å². The smallest absolute Gasteiger partial charge is 0.135 e. The van der Waals surface area contributed by atoms with Gasteiger partial charge in [-0.2, -0.15) is 0 Å². The zero-order valence-electron chi connectivity index (χ0n) is 9.27. The number of rotatable bonds is 4. The van der Waals surface area contributed by atoms with E-state index in [0.29, 0.717) is 18.1 Å². The first-order valence-electron chi connectivity index (χ1n) is 4.80. The van der Waals surface area contributed by atoms with Crippen LogP contribution in [0.3, 0.4) is 0 Å². The quantitative estimate of drug-likeness (QED) is 0.632. The summed E-state index contributed by atoms with van der Waals surface area (Å²) in [6.07, 6.45) is 0.711. The van der Waals surface area contributed by atoms with Crippen molar-refractivity contribution in [2.24, 2.45) is 17.3 Å². The second-order valence-corrected chi connectivity index (χ2v) is 4.94. The van der Waals surface area contributed by atoms with Crippen LogP contribution in [0.15, 0.2) is 0 Å². The van der Waals surface area contributed by atoms with Gasteiger partial charge in [-0.05, 0) is 11.3 Å². The van der Waals surface area contributed by atoms with Gasteiger partial charge in [-0.1, -0.05) is 41.5 Å². The minimum Gasteiger partial charge on any atom is -0.299 e. The Kier molecular flexibility index (Phi) is 3.95. The lowest BCUT2D eigenvalue weighted by Crippen LogP contribution is -2.25. The summed E-state index contributed by atoms with van der Waals surface area (Å²) in [5, 5.41) is 0. The van der Waals surface area contributed by atoms with Crippen molar-refractivity contribution >= 4 is 5.78 Å². The number of hydrogen-bond donors (Lipinski definition) is 0. The highest BCUT2D eigenvalue weighted by Gasteiger charge is 2.26. The topological polar surface area (TPSA) is 17.1 Å². The van der Waals surface area contributed by atoms with Gasteiger partial charge in [0.25, 0.3) is 0 Å². The van der Waals surface area contributed by atoms with Crippen molar-refractivity contribution in [2.75, 3.05) is 0 Å². The molecule has 0 aromatic rings. The Bertz CT molecular complexity index is 154. The number of Topliss-reactive ketones (excluding diaryl/α,β-unsaturated/α-hetero) is 1. The summed E-state index contributed by atoms with van der Waals surface area (Å²) < 4.78 is 0. The highest BCUT2D eigenvalue weighted by atomic mass is 16.1. The number of carbonyl (C=O) groups excluding carboxylic acids is 1. The van der Waals surface area contributed by atoms with Crippen LogP contribution in [0.1, 0.15) is 48.0 Å². The predicted octanol–water partition coefficient (Wildman–Crippen LogP) is 3.28. The second kappa shape index (κ2) is 4.06. The first-order chi connectivity index (χ1) is 5.27. The van der Waals surface area contributed by atoms with E-state index < -0.39 is 0 Å². The van der Waals surface area contributed by atoms with E-state index in [0.717, 1.165) is 0 Å². The number of ketones is 1. The van der Waals surface area contributed by atoms with E-state index in [1.807, 2.05) is 13.8 Å². The Labute approximate surface area is 76.6 Å². The van der Waals surface area contributed by atoms with Crippen molar-refractivity contribution in [1.82, 2.24) is 0 Å². The van der Waals surface area contributed by atoms with Crippen LogP contribution in [0.25, 0.3) is 0 Å². The van der Waals surface area contributed by atoms with Gasteiger partial charge in [-0.3, -0.25) is 4.79 Å².